The molecule has 3 aromatic rings. The van der Waals surface area contributed by atoms with E-state index in [4.69, 9.17) is 9.47 Å². The van der Waals surface area contributed by atoms with Gasteiger partial charge in [-0.05, 0) is 30.3 Å². The Balaban J connectivity index is 1.42. The van der Waals surface area contributed by atoms with Crippen LogP contribution in [0.1, 0.15) is 27.1 Å². The van der Waals surface area contributed by atoms with E-state index in [1.165, 1.54) is 24.5 Å². The third kappa shape index (κ3) is 4.69. The summed E-state index contributed by atoms with van der Waals surface area (Å²) in [5.41, 5.74) is 0.416. The molecule has 0 fully saturated rings. The van der Waals surface area contributed by atoms with Gasteiger partial charge >= 0.3 is 0 Å². The fourth-order valence-electron chi connectivity index (χ4n) is 2.87. The lowest BCUT2D eigenvalue weighted by Crippen LogP contribution is -2.16. The molecule has 1 N–H and O–H groups in total. The molecular weight excluding hydrogens is 422 g/mol. The minimum atomic E-state index is -3.85. The van der Waals surface area contributed by atoms with Crippen molar-refractivity contribution >= 4 is 27.5 Å². The number of carbonyl (C=O) groups is 2. The van der Waals surface area contributed by atoms with Crippen molar-refractivity contribution in [2.24, 2.45) is 0 Å². The zero-order valence-corrected chi connectivity index (χ0v) is 17.0. The number of fused-ring (bicyclic) bond motifs is 1. The fraction of sp³-hybridized carbons (Fsp3) is 0.143. The van der Waals surface area contributed by atoms with Gasteiger partial charge in [0.05, 0.1) is 16.9 Å². The molecule has 31 heavy (non-hydrogen) atoms. The van der Waals surface area contributed by atoms with Crippen molar-refractivity contribution in [1.82, 2.24) is 9.97 Å². The Morgan fingerprint density at radius 2 is 1.52 bits per heavy atom. The van der Waals surface area contributed by atoms with Gasteiger partial charge in [0.2, 0.25) is 5.95 Å². The first-order valence-electron chi connectivity index (χ1n) is 9.28. The highest BCUT2D eigenvalue weighted by Gasteiger charge is 2.19. The molecule has 2 aromatic carbocycles. The van der Waals surface area contributed by atoms with Gasteiger partial charge in [-0.15, -0.1) is 0 Å². The molecule has 0 amide bonds. The lowest BCUT2D eigenvalue weighted by molar-refractivity contribution is 0.0893. The number of hydrogen-bond donors (Lipinski definition) is 1. The van der Waals surface area contributed by atoms with E-state index >= 15 is 0 Å². The molecule has 1 aromatic heterocycles. The number of sulfonamides is 1. The van der Waals surface area contributed by atoms with Crippen LogP contribution in [0.3, 0.4) is 0 Å². The normalized spacial score (nSPS) is 12.8. The number of anilines is 1. The van der Waals surface area contributed by atoms with Crippen molar-refractivity contribution in [2.75, 3.05) is 17.9 Å². The standard InChI is InChI=1S/C21H17N3O6S/c25-17(14-6-7-19-20(10-14)30-9-8-29-19)11-18(26)15-12-22-21(23-13-15)24-31(27,28)16-4-2-1-3-5-16/h1-7,10,12-13H,8-9,11H2,(H,22,23,24). The van der Waals surface area contributed by atoms with Gasteiger partial charge in [0.1, 0.15) is 13.2 Å². The van der Waals surface area contributed by atoms with Crippen LogP contribution in [-0.2, 0) is 10.0 Å². The van der Waals surface area contributed by atoms with Crippen molar-refractivity contribution in [2.45, 2.75) is 11.3 Å². The molecule has 0 saturated carbocycles. The molecule has 0 bridgehead atoms. The second kappa shape index (κ2) is 8.52. The molecule has 0 saturated heterocycles. The average molecular weight is 439 g/mol. The van der Waals surface area contributed by atoms with E-state index in [1.54, 1.807) is 36.4 Å². The minimum Gasteiger partial charge on any atom is -0.486 e. The maximum Gasteiger partial charge on any atom is 0.264 e. The summed E-state index contributed by atoms with van der Waals surface area (Å²) >= 11 is 0. The van der Waals surface area contributed by atoms with Crippen LogP contribution in [0, 0.1) is 0 Å². The summed E-state index contributed by atoms with van der Waals surface area (Å²) in [6.45, 7) is 0.831. The molecule has 158 valence electrons. The van der Waals surface area contributed by atoms with Crippen LogP contribution in [0.25, 0.3) is 0 Å². The summed E-state index contributed by atoms with van der Waals surface area (Å²) in [6, 6.07) is 12.5. The van der Waals surface area contributed by atoms with Crippen molar-refractivity contribution in [3.63, 3.8) is 0 Å². The minimum absolute atomic E-state index is 0.0591. The monoisotopic (exact) mass is 439 g/mol. The highest BCUT2D eigenvalue weighted by atomic mass is 32.2. The largest absolute Gasteiger partial charge is 0.486 e. The number of hydrogen-bond acceptors (Lipinski definition) is 8. The molecule has 4 rings (SSSR count). The van der Waals surface area contributed by atoms with Crippen LogP contribution in [0.4, 0.5) is 5.95 Å². The van der Waals surface area contributed by atoms with E-state index in [2.05, 4.69) is 14.7 Å². The third-order valence-electron chi connectivity index (χ3n) is 4.44. The third-order valence-corrected chi connectivity index (χ3v) is 5.78. The Morgan fingerprint density at radius 3 is 2.23 bits per heavy atom. The van der Waals surface area contributed by atoms with Gasteiger partial charge in [-0.1, -0.05) is 18.2 Å². The summed E-state index contributed by atoms with van der Waals surface area (Å²) in [4.78, 5) is 32.7. The maximum atomic E-state index is 12.5. The molecule has 9 nitrogen and oxygen atoms in total. The quantitative estimate of drug-likeness (QED) is 0.440. The van der Waals surface area contributed by atoms with Gasteiger partial charge in [0, 0.05) is 18.0 Å². The predicted molar refractivity (Wildman–Crippen MR) is 110 cm³/mol. The Kier molecular flexibility index (Phi) is 5.63. The lowest BCUT2D eigenvalue weighted by Gasteiger charge is -2.18. The summed E-state index contributed by atoms with van der Waals surface area (Å²) in [7, 11) is -3.85. The second-order valence-corrected chi connectivity index (χ2v) is 8.28. The highest BCUT2D eigenvalue weighted by molar-refractivity contribution is 7.92. The van der Waals surface area contributed by atoms with Gasteiger partial charge in [0.25, 0.3) is 10.0 Å². The number of ether oxygens (including phenoxy) is 2. The molecule has 10 heteroatoms. The maximum absolute atomic E-state index is 12.5. The van der Waals surface area contributed by atoms with Gasteiger partial charge in [-0.3, -0.25) is 9.59 Å². The molecule has 0 aliphatic carbocycles. The van der Waals surface area contributed by atoms with Crippen molar-refractivity contribution in [3.05, 3.63) is 72.1 Å². The van der Waals surface area contributed by atoms with Gasteiger partial charge < -0.3 is 9.47 Å². The number of aromatic nitrogens is 2. The van der Waals surface area contributed by atoms with Gasteiger partial charge in [-0.25, -0.2) is 23.1 Å². The topological polar surface area (TPSA) is 125 Å². The Labute approximate surface area is 178 Å². The van der Waals surface area contributed by atoms with E-state index < -0.39 is 28.0 Å². The van der Waals surface area contributed by atoms with E-state index in [-0.39, 0.29) is 16.4 Å². The zero-order valence-electron chi connectivity index (χ0n) is 16.1. The number of benzene rings is 2. The number of nitrogens with one attached hydrogen (secondary N) is 1. The zero-order chi connectivity index (χ0) is 21.8. The number of Topliss-reactive ketones (excluding diaryl/α,β-unsaturated/α-hetero) is 2. The van der Waals surface area contributed by atoms with E-state index in [0.29, 0.717) is 30.3 Å². The Hall–Kier alpha value is -3.79. The summed E-state index contributed by atoms with van der Waals surface area (Å²) in [5.74, 6) is -0.0502. The van der Waals surface area contributed by atoms with Crippen LogP contribution >= 0.6 is 0 Å². The van der Waals surface area contributed by atoms with Crippen molar-refractivity contribution < 1.29 is 27.5 Å². The first-order valence-corrected chi connectivity index (χ1v) is 10.8. The van der Waals surface area contributed by atoms with E-state index in [0.717, 1.165) is 0 Å². The van der Waals surface area contributed by atoms with Gasteiger partial charge in [0.15, 0.2) is 23.1 Å². The smallest absolute Gasteiger partial charge is 0.264 e. The summed E-state index contributed by atoms with van der Waals surface area (Å²) in [6.07, 6.45) is 1.96. The first kappa shape index (κ1) is 20.5. The lowest BCUT2D eigenvalue weighted by atomic mass is 10.0. The molecule has 0 atom stereocenters. The highest BCUT2D eigenvalue weighted by Crippen LogP contribution is 2.31. The van der Waals surface area contributed by atoms with Crippen molar-refractivity contribution in [1.29, 1.82) is 0 Å². The van der Waals surface area contributed by atoms with E-state index in [1.807, 2.05) is 0 Å². The van der Waals surface area contributed by atoms with Crippen LogP contribution < -0.4 is 14.2 Å². The number of rotatable bonds is 7. The first-order chi connectivity index (χ1) is 14.9. The number of carbonyl (C=O) groups excluding carboxylic acids is 2. The number of nitrogens with zero attached hydrogens (tertiary/aromatic N) is 2. The molecule has 1 aliphatic heterocycles. The molecular formula is C21H17N3O6S. The molecule has 2 heterocycles. The SMILES string of the molecule is O=C(CC(=O)c1ccc2c(c1)OCCO2)c1cnc(NS(=O)(=O)c2ccccc2)nc1. The Morgan fingerprint density at radius 1 is 0.871 bits per heavy atom. The van der Waals surface area contributed by atoms with E-state index in [9.17, 15) is 18.0 Å². The van der Waals surface area contributed by atoms with Crippen LogP contribution in [0.2, 0.25) is 0 Å². The summed E-state index contributed by atoms with van der Waals surface area (Å²) < 4.78 is 37.7. The van der Waals surface area contributed by atoms with Crippen LogP contribution in [0.15, 0.2) is 65.8 Å². The van der Waals surface area contributed by atoms with Crippen molar-refractivity contribution in [3.8, 4) is 11.5 Å². The average Bonchev–Trinajstić information content (AvgIpc) is 2.79. The van der Waals surface area contributed by atoms with Gasteiger partial charge in [-0.2, -0.15) is 0 Å². The summed E-state index contributed by atoms with van der Waals surface area (Å²) in [5, 5.41) is 0. The molecule has 1 aliphatic rings. The molecule has 0 unspecified atom stereocenters. The number of ketones is 2. The predicted octanol–water partition coefficient (Wildman–Crippen LogP) is 2.50. The molecule has 0 spiro atoms. The molecule has 0 radical (unpaired) electrons. The Bertz CT molecular complexity index is 1230. The fourth-order valence-corrected chi connectivity index (χ4v) is 3.85. The van der Waals surface area contributed by atoms with Crippen LogP contribution in [0.5, 0.6) is 11.5 Å². The second-order valence-electron chi connectivity index (χ2n) is 6.60. The van der Waals surface area contributed by atoms with Crippen LogP contribution in [-0.4, -0.2) is 43.2 Å².